The first-order valence-corrected chi connectivity index (χ1v) is 6.86. The molecule has 0 amide bonds. The highest BCUT2D eigenvalue weighted by Crippen LogP contribution is 2.44. The van der Waals surface area contributed by atoms with Crippen molar-refractivity contribution >= 4 is 16.9 Å². The van der Waals surface area contributed by atoms with E-state index >= 15 is 0 Å². The van der Waals surface area contributed by atoms with Gasteiger partial charge in [0.25, 0.3) is 0 Å². The van der Waals surface area contributed by atoms with Crippen molar-refractivity contribution in [2.24, 2.45) is 0 Å². The van der Waals surface area contributed by atoms with Gasteiger partial charge in [-0.15, -0.1) is 0 Å². The Labute approximate surface area is 76.7 Å². The molecule has 0 radical (unpaired) electrons. The molecule has 7 nitrogen and oxygen atoms in total. The lowest BCUT2D eigenvalue weighted by Gasteiger charge is -2.15. The van der Waals surface area contributed by atoms with Crippen LogP contribution < -0.4 is 0 Å². The molecule has 0 rings (SSSR count). The van der Waals surface area contributed by atoms with Crippen LogP contribution in [-0.4, -0.2) is 34.9 Å². The lowest BCUT2D eigenvalue weighted by Crippen LogP contribution is -2.37. The first kappa shape index (κ1) is 13.2. The van der Waals surface area contributed by atoms with Crippen molar-refractivity contribution in [2.45, 2.75) is 19.8 Å². The summed E-state index contributed by atoms with van der Waals surface area (Å²) in [5.41, 5.74) is 0. The molecule has 0 aromatic heterocycles. The van der Waals surface area contributed by atoms with Gasteiger partial charge < -0.3 is 19.3 Å². The van der Waals surface area contributed by atoms with E-state index in [1.807, 2.05) is 6.92 Å². The van der Waals surface area contributed by atoms with Gasteiger partial charge in [-0.1, -0.05) is 13.3 Å². The van der Waals surface area contributed by atoms with Crippen LogP contribution in [0.2, 0.25) is 0 Å². The summed E-state index contributed by atoms with van der Waals surface area (Å²) in [5, 5.41) is 0. The molecular weight excluding hydrogens is 219 g/mol. The molecular formula is C4H13O7PSi. The molecule has 0 aliphatic heterocycles. The molecule has 0 heterocycles. The number of unbranched alkanes of at least 4 members (excludes halogenated alkanes) is 1. The number of phosphoric ester groups is 1. The van der Waals surface area contributed by atoms with E-state index in [1.165, 1.54) is 0 Å². The Morgan fingerprint density at radius 2 is 1.92 bits per heavy atom. The molecule has 9 heteroatoms. The van der Waals surface area contributed by atoms with Crippen molar-refractivity contribution in [3.63, 3.8) is 0 Å². The molecule has 0 spiro atoms. The largest absolute Gasteiger partial charge is 0.680 e. The third kappa shape index (κ3) is 8.53. The van der Waals surface area contributed by atoms with E-state index in [-0.39, 0.29) is 6.61 Å². The molecule has 0 aromatic rings. The summed E-state index contributed by atoms with van der Waals surface area (Å²) >= 11 is 0. The predicted molar refractivity (Wildman–Crippen MR) is 44.2 cm³/mol. The zero-order chi connectivity index (χ0) is 10.5. The number of hydrogen-bond donors (Lipinski definition) is 4. The molecule has 1 unspecified atom stereocenters. The fourth-order valence-electron chi connectivity index (χ4n) is 0.505. The maximum Gasteiger partial charge on any atom is 0.680 e. The Bertz CT molecular complexity index is 189. The van der Waals surface area contributed by atoms with Gasteiger partial charge in [0, 0.05) is 0 Å². The third-order valence-electron chi connectivity index (χ3n) is 0.990. The SMILES string of the molecule is CCCCOP(=O)(O)O[Si](O)(O)O. The average Bonchev–Trinajstić information content (AvgIpc) is 1.81. The third-order valence-corrected chi connectivity index (χ3v) is 3.40. The normalized spacial score (nSPS) is 17.0. The van der Waals surface area contributed by atoms with Crippen molar-refractivity contribution in [3.8, 4) is 0 Å². The first-order chi connectivity index (χ1) is 5.77. The maximum absolute atomic E-state index is 10.8. The summed E-state index contributed by atoms with van der Waals surface area (Å²) in [6.07, 6.45) is 1.28. The van der Waals surface area contributed by atoms with Crippen LogP contribution in [0.5, 0.6) is 0 Å². The molecule has 0 aromatic carbocycles. The van der Waals surface area contributed by atoms with E-state index in [4.69, 9.17) is 19.3 Å². The highest BCUT2D eigenvalue weighted by atomic mass is 31.2. The van der Waals surface area contributed by atoms with Crippen molar-refractivity contribution in [2.75, 3.05) is 6.61 Å². The van der Waals surface area contributed by atoms with Crippen molar-refractivity contribution < 1.29 is 32.6 Å². The molecule has 0 bridgehead atoms. The Balaban J connectivity index is 3.88. The number of rotatable bonds is 6. The van der Waals surface area contributed by atoms with Gasteiger partial charge in [0.2, 0.25) is 0 Å². The van der Waals surface area contributed by atoms with Gasteiger partial charge in [-0.2, -0.15) is 0 Å². The standard InChI is InChI=1S/C4H13O7PSi/c1-2-3-4-10-12(5,6)11-13(7,8)9/h7-9H,2-4H2,1H3,(H,5,6). The van der Waals surface area contributed by atoms with Gasteiger partial charge in [-0.05, 0) is 6.42 Å². The van der Waals surface area contributed by atoms with Gasteiger partial charge in [-0.3, -0.25) is 8.74 Å². The summed E-state index contributed by atoms with van der Waals surface area (Å²) in [6, 6.07) is 0. The van der Waals surface area contributed by atoms with E-state index < -0.39 is 16.9 Å². The Kier molecular flexibility index (Phi) is 5.26. The van der Waals surface area contributed by atoms with Crippen LogP contribution in [0.15, 0.2) is 0 Å². The highest BCUT2D eigenvalue weighted by molar-refractivity contribution is 7.48. The van der Waals surface area contributed by atoms with E-state index in [0.717, 1.165) is 6.42 Å². The summed E-state index contributed by atoms with van der Waals surface area (Å²) in [7, 11) is -9.52. The van der Waals surface area contributed by atoms with Gasteiger partial charge in [0.15, 0.2) is 0 Å². The van der Waals surface area contributed by atoms with Crippen LogP contribution in [0, 0.1) is 0 Å². The molecule has 0 saturated carbocycles. The zero-order valence-corrected chi connectivity index (χ0v) is 8.98. The van der Waals surface area contributed by atoms with Crippen molar-refractivity contribution in [1.29, 1.82) is 0 Å². The fourth-order valence-corrected chi connectivity index (χ4v) is 2.31. The quantitative estimate of drug-likeness (QED) is 0.272. The molecule has 0 aliphatic carbocycles. The molecule has 0 fully saturated rings. The van der Waals surface area contributed by atoms with Gasteiger partial charge >= 0.3 is 16.9 Å². The van der Waals surface area contributed by atoms with Crippen LogP contribution in [0.3, 0.4) is 0 Å². The minimum Gasteiger partial charge on any atom is -0.367 e. The minimum absolute atomic E-state index is 0.0469. The Morgan fingerprint density at radius 1 is 1.38 bits per heavy atom. The van der Waals surface area contributed by atoms with E-state index in [1.54, 1.807) is 0 Å². The molecule has 13 heavy (non-hydrogen) atoms. The predicted octanol–water partition coefficient (Wildman–Crippen LogP) is -0.667. The van der Waals surface area contributed by atoms with E-state index in [9.17, 15) is 4.57 Å². The number of phosphoric acid groups is 1. The topological polar surface area (TPSA) is 116 Å². The Morgan fingerprint density at radius 3 is 2.31 bits per heavy atom. The fraction of sp³-hybridized carbons (Fsp3) is 1.00. The summed E-state index contributed by atoms with van der Waals surface area (Å²) in [6.45, 7) is 1.80. The summed E-state index contributed by atoms with van der Waals surface area (Å²) < 4.78 is 18.7. The molecule has 0 aliphatic rings. The maximum atomic E-state index is 10.8. The minimum atomic E-state index is -4.99. The highest BCUT2D eigenvalue weighted by Gasteiger charge is 2.41. The lowest BCUT2D eigenvalue weighted by atomic mass is 10.4. The summed E-state index contributed by atoms with van der Waals surface area (Å²) in [5.74, 6) is 0. The van der Waals surface area contributed by atoms with Crippen molar-refractivity contribution in [3.05, 3.63) is 0 Å². The lowest BCUT2D eigenvalue weighted by molar-refractivity contribution is 0.0927. The van der Waals surface area contributed by atoms with Gasteiger partial charge in [0.05, 0.1) is 6.61 Å². The van der Waals surface area contributed by atoms with Gasteiger partial charge in [-0.25, -0.2) is 4.57 Å². The smallest absolute Gasteiger partial charge is 0.367 e. The van der Waals surface area contributed by atoms with Crippen LogP contribution in [0.25, 0.3) is 0 Å². The number of hydrogen-bond acceptors (Lipinski definition) is 6. The monoisotopic (exact) mass is 232 g/mol. The molecule has 80 valence electrons. The van der Waals surface area contributed by atoms with E-state index in [0.29, 0.717) is 6.42 Å². The van der Waals surface area contributed by atoms with Crippen LogP contribution in [0.4, 0.5) is 0 Å². The second kappa shape index (κ2) is 5.18. The second-order valence-electron chi connectivity index (χ2n) is 2.32. The van der Waals surface area contributed by atoms with E-state index in [2.05, 4.69) is 8.74 Å². The molecule has 0 saturated heterocycles. The average molecular weight is 232 g/mol. The van der Waals surface area contributed by atoms with Crippen LogP contribution >= 0.6 is 7.82 Å². The Hall–Kier alpha value is 0.207. The van der Waals surface area contributed by atoms with Gasteiger partial charge in [0.1, 0.15) is 0 Å². The van der Waals surface area contributed by atoms with Crippen molar-refractivity contribution in [1.82, 2.24) is 0 Å². The molecule has 4 N–H and O–H groups in total. The zero-order valence-electron chi connectivity index (χ0n) is 7.08. The first-order valence-electron chi connectivity index (χ1n) is 3.62. The second-order valence-corrected chi connectivity index (χ2v) is 5.39. The van der Waals surface area contributed by atoms with Crippen LogP contribution in [-0.2, 0) is 13.3 Å². The summed E-state index contributed by atoms with van der Waals surface area (Å²) in [4.78, 5) is 33.7. The molecule has 1 atom stereocenters. The van der Waals surface area contributed by atoms with Crippen LogP contribution in [0.1, 0.15) is 19.8 Å².